The van der Waals surface area contributed by atoms with Crippen LogP contribution in [0.3, 0.4) is 0 Å². The van der Waals surface area contributed by atoms with E-state index in [1.807, 2.05) is 13.8 Å². The van der Waals surface area contributed by atoms with Crippen LogP contribution in [0.4, 0.5) is 5.82 Å². The lowest BCUT2D eigenvalue weighted by Gasteiger charge is -2.04. The van der Waals surface area contributed by atoms with E-state index in [4.69, 9.17) is 14.0 Å². The molecule has 80 valence electrons. The van der Waals surface area contributed by atoms with Crippen LogP contribution in [-0.4, -0.2) is 32.2 Å². The van der Waals surface area contributed by atoms with Crippen molar-refractivity contribution in [2.45, 2.75) is 13.8 Å². The highest BCUT2D eigenvalue weighted by Crippen LogP contribution is 2.15. The summed E-state index contributed by atoms with van der Waals surface area (Å²) < 4.78 is 15.0. The average molecular weight is 200 g/mol. The SMILES string of the molecule is COCCOCNc1noc(C)c1C. The Hall–Kier alpha value is -1.07. The number of aromatic nitrogens is 1. The van der Waals surface area contributed by atoms with Gasteiger partial charge in [0.15, 0.2) is 5.82 Å². The molecule has 5 nitrogen and oxygen atoms in total. The summed E-state index contributed by atoms with van der Waals surface area (Å²) in [6.07, 6.45) is 0. The molecule has 5 heteroatoms. The maximum Gasteiger partial charge on any atom is 0.174 e. The van der Waals surface area contributed by atoms with E-state index in [9.17, 15) is 0 Å². The Balaban J connectivity index is 2.21. The van der Waals surface area contributed by atoms with Crippen LogP contribution in [0.1, 0.15) is 11.3 Å². The van der Waals surface area contributed by atoms with Crippen LogP contribution in [0, 0.1) is 13.8 Å². The first-order valence-electron chi connectivity index (χ1n) is 4.49. The third-order valence-electron chi connectivity index (χ3n) is 1.93. The topological polar surface area (TPSA) is 56.5 Å². The van der Waals surface area contributed by atoms with Crippen molar-refractivity contribution in [1.29, 1.82) is 0 Å². The number of hydrogen-bond donors (Lipinski definition) is 1. The van der Waals surface area contributed by atoms with Crippen LogP contribution in [-0.2, 0) is 9.47 Å². The molecule has 0 spiro atoms. The number of nitrogens with one attached hydrogen (secondary N) is 1. The molecule has 1 heterocycles. The zero-order valence-electron chi connectivity index (χ0n) is 8.79. The molecule has 0 saturated carbocycles. The van der Waals surface area contributed by atoms with Crippen LogP contribution in [0.15, 0.2) is 4.52 Å². The minimum absolute atomic E-state index is 0.413. The maximum absolute atomic E-state index is 5.22. The van der Waals surface area contributed by atoms with Gasteiger partial charge in [-0.05, 0) is 13.8 Å². The summed E-state index contributed by atoms with van der Waals surface area (Å²) in [4.78, 5) is 0. The Bertz CT molecular complexity index is 273. The molecule has 0 bridgehead atoms. The highest BCUT2D eigenvalue weighted by atomic mass is 16.5. The number of anilines is 1. The molecule has 0 aliphatic heterocycles. The fraction of sp³-hybridized carbons (Fsp3) is 0.667. The van der Waals surface area contributed by atoms with Crippen LogP contribution in [0.25, 0.3) is 0 Å². The number of methoxy groups -OCH3 is 1. The molecule has 0 aliphatic carbocycles. The first kappa shape index (κ1) is 11.0. The monoisotopic (exact) mass is 200 g/mol. The van der Waals surface area contributed by atoms with E-state index in [2.05, 4.69) is 10.5 Å². The Kier molecular flexibility index (Phi) is 4.42. The first-order chi connectivity index (χ1) is 6.75. The molecule has 1 aromatic heterocycles. The van der Waals surface area contributed by atoms with Crippen molar-refractivity contribution in [3.8, 4) is 0 Å². The van der Waals surface area contributed by atoms with Crippen molar-refractivity contribution >= 4 is 5.82 Å². The van der Waals surface area contributed by atoms with Crippen molar-refractivity contribution in [1.82, 2.24) is 5.16 Å². The molecule has 0 amide bonds. The maximum atomic E-state index is 5.22. The molecule has 0 aliphatic rings. The van der Waals surface area contributed by atoms with Crippen molar-refractivity contribution < 1.29 is 14.0 Å². The van der Waals surface area contributed by atoms with Gasteiger partial charge in [-0.15, -0.1) is 0 Å². The Morgan fingerprint density at radius 1 is 1.36 bits per heavy atom. The van der Waals surface area contributed by atoms with Gasteiger partial charge in [0, 0.05) is 12.7 Å². The molecule has 0 atom stereocenters. The van der Waals surface area contributed by atoms with Gasteiger partial charge in [-0.2, -0.15) is 0 Å². The molecular weight excluding hydrogens is 184 g/mol. The minimum atomic E-state index is 0.413. The lowest BCUT2D eigenvalue weighted by Crippen LogP contribution is -2.10. The number of rotatable bonds is 6. The zero-order valence-corrected chi connectivity index (χ0v) is 8.79. The fourth-order valence-electron chi connectivity index (χ4n) is 0.916. The van der Waals surface area contributed by atoms with Gasteiger partial charge in [0.2, 0.25) is 0 Å². The molecule has 1 rings (SSSR count). The quantitative estimate of drug-likeness (QED) is 0.554. The lowest BCUT2D eigenvalue weighted by molar-refractivity contribution is 0.0799. The molecule has 14 heavy (non-hydrogen) atoms. The molecule has 0 radical (unpaired) electrons. The van der Waals surface area contributed by atoms with Gasteiger partial charge in [-0.25, -0.2) is 0 Å². The van der Waals surface area contributed by atoms with Crippen LogP contribution >= 0.6 is 0 Å². The second-order valence-electron chi connectivity index (χ2n) is 2.93. The van der Waals surface area contributed by atoms with Crippen LogP contribution in [0.2, 0.25) is 0 Å². The van der Waals surface area contributed by atoms with Gasteiger partial charge >= 0.3 is 0 Å². The highest BCUT2D eigenvalue weighted by Gasteiger charge is 2.06. The highest BCUT2D eigenvalue weighted by molar-refractivity contribution is 5.43. The van der Waals surface area contributed by atoms with E-state index in [1.165, 1.54) is 0 Å². The van der Waals surface area contributed by atoms with Gasteiger partial charge in [0.1, 0.15) is 12.5 Å². The summed E-state index contributed by atoms with van der Waals surface area (Å²) in [6, 6.07) is 0. The summed E-state index contributed by atoms with van der Waals surface area (Å²) >= 11 is 0. The van der Waals surface area contributed by atoms with E-state index in [0.717, 1.165) is 17.1 Å². The van der Waals surface area contributed by atoms with Crippen molar-refractivity contribution in [2.75, 3.05) is 32.4 Å². The molecule has 1 N–H and O–H groups in total. The third kappa shape index (κ3) is 3.01. The smallest absolute Gasteiger partial charge is 0.174 e. The second-order valence-corrected chi connectivity index (χ2v) is 2.93. The molecule has 0 aromatic carbocycles. The minimum Gasteiger partial charge on any atom is -0.382 e. The molecule has 1 aromatic rings. The van der Waals surface area contributed by atoms with Gasteiger partial charge in [-0.3, -0.25) is 0 Å². The molecule has 0 unspecified atom stereocenters. The Morgan fingerprint density at radius 3 is 2.71 bits per heavy atom. The number of nitrogens with zero attached hydrogens (tertiary/aromatic N) is 1. The van der Waals surface area contributed by atoms with Gasteiger partial charge in [0.25, 0.3) is 0 Å². The zero-order chi connectivity index (χ0) is 10.4. The van der Waals surface area contributed by atoms with Gasteiger partial charge in [-0.1, -0.05) is 5.16 Å². The van der Waals surface area contributed by atoms with Crippen molar-refractivity contribution in [3.05, 3.63) is 11.3 Å². The number of hydrogen-bond acceptors (Lipinski definition) is 5. The summed E-state index contributed by atoms with van der Waals surface area (Å²) in [5.74, 6) is 1.56. The number of ether oxygens (including phenoxy) is 2. The van der Waals surface area contributed by atoms with Crippen LogP contribution < -0.4 is 5.32 Å². The van der Waals surface area contributed by atoms with Crippen molar-refractivity contribution in [3.63, 3.8) is 0 Å². The Labute approximate surface area is 83.4 Å². The van der Waals surface area contributed by atoms with E-state index >= 15 is 0 Å². The standard InChI is InChI=1S/C9H16N2O3/c1-7-8(2)14-11-9(7)10-6-13-5-4-12-3/h4-6H2,1-3H3,(H,10,11). The summed E-state index contributed by atoms with van der Waals surface area (Å²) in [5.41, 5.74) is 1.01. The van der Waals surface area contributed by atoms with E-state index in [1.54, 1.807) is 7.11 Å². The van der Waals surface area contributed by atoms with E-state index in [-0.39, 0.29) is 0 Å². The number of aryl methyl sites for hydroxylation is 1. The first-order valence-corrected chi connectivity index (χ1v) is 4.49. The average Bonchev–Trinajstić information content (AvgIpc) is 2.49. The lowest BCUT2D eigenvalue weighted by atomic mass is 10.3. The van der Waals surface area contributed by atoms with E-state index < -0.39 is 0 Å². The molecular formula is C9H16N2O3. The van der Waals surface area contributed by atoms with Gasteiger partial charge < -0.3 is 19.3 Å². The molecule has 0 saturated heterocycles. The van der Waals surface area contributed by atoms with E-state index in [0.29, 0.717) is 19.9 Å². The predicted octanol–water partition coefficient (Wildman–Crippen LogP) is 1.32. The predicted molar refractivity (Wildman–Crippen MR) is 52.3 cm³/mol. The third-order valence-corrected chi connectivity index (χ3v) is 1.93. The fourth-order valence-corrected chi connectivity index (χ4v) is 0.916. The summed E-state index contributed by atoms with van der Waals surface area (Å²) in [7, 11) is 1.64. The molecule has 0 fully saturated rings. The second kappa shape index (κ2) is 5.62. The van der Waals surface area contributed by atoms with Gasteiger partial charge in [0.05, 0.1) is 13.2 Å². The largest absolute Gasteiger partial charge is 0.382 e. The van der Waals surface area contributed by atoms with Crippen molar-refractivity contribution in [2.24, 2.45) is 0 Å². The summed E-state index contributed by atoms with van der Waals surface area (Å²) in [6.45, 7) is 5.40. The van der Waals surface area contributed by atoms with Crippen LogP contribution in [0.5, 0.6) is 0 Å². The summed E-state index contributed by atoms with van der Waals surface area (Å²) in [5, 5.41) is 6.85. The Morgan fingerprint density at radius 2 is 2.14 bits per heavy atom. The normalized spacial score (nSPS) is 10.5.